The SMILES string of the molecule is CN(Cc1ccnn1C)C(=O)c1ccc2c(c1)COB2O. The Hall–Kier alpha value is -2.12. The zero-order valence-corrected chi connectivity index (χ0v) is 12.0. The summed E-state index contributed by atoms with van der Waals surface area (Å²) in [4.78, 5) is 14.1. The molecule has 1 amide bonds. The highest BCUT2D eigenvalue weighted by Crippen LogP contribution is 2.14. The number of benzene rings is 1. The molecule has 6 nitrogen and oxygen atoms in total. The first-order valence-electron chi connectivity index (χ1n) is 6.71. The summed E-state index contributed by atoms with van der Waals surface area (Å²) in [7, 11) is 2.73. The minimum absolute atomic E-state index is 0.0691. The molecule has 0 fully saturated rings. The van der Waals surface area contributed by atoms with Crippen LogP contribution in [0.4, 0.5) is 0 Å². The van der Waals surface area contributed by atoms with E-state index >= 15 is 0 Å². The number of fused-ring (bicyclic) bond motifs is 1. The molecule has 7 heteroatoms. The van der Waals surface area contributed by atoms with Gasteiger partial charge in [0.1, 0.15) is 0 Å². The van der Waals surface area contributed by atoms with E-state index in [4.69, 9.17) is 4.65 Å². The number of aryl methyl sites for hydroxylation is 1. The molecular formula is C14H16BN3O3. The second-order valence-electron chi connectivity index (χ2n) is 5.18. The van der Waals surface area contributed by atoms with Crippen LogP contribution in [0.2, 0.25) is 0 Å². The molecule has 0 radical (unpaired) electrons. The molecule has 0 bridgehead atoms. The van der Waals surface area contributed by atoms with E-state index in [-0.39, 0.29) is 5.91 Å². The molecule has 108 valence electrons. The smallest absolute Gasteiger partial charge is 0.423 e. The van der Waals surface area contributed by atoms with Gasteiger partial charge in [0.2, 0.25) is 0 Å². The molecule has 0 saturated heterocycles. The van der Waals surface area contributed by atoms with Crippen molar-refractivity contribution >= 4 is 18.5 Å². The molecule has 0 saturated carbocycles. The number of carbonyl (C=O) groups excluding carboxylic acids is 1. The Morgan fingerprint density at radius 1 is 1.52 bits per heavy atom. The molecule has 21 heavy (non-hydrogen) atoms. The fourth-order valence-electron chi connectivity index (χ4n) is 2.45. The quantitative estimate of drug-likeness (QED) is 0.800. The minimum Gasteiger partial charge on any atom is -0.423 e. The first-order valence-corrected chi connectivity index (χ1v) is 6.71. The highest BCUT2D eigenvalue weighted by atomic mass is 16.5. The second kappa shape index (κ2) is 5.35. The number of rotatable bonds is 3. The predicted octanol–water partition coefficient (Wildman–Crippen LogP) is -0.0900. The highest BCUT2D eigenvalue weighted by Gasteiger charge is 2.28. The Morgan fingerprint density at radius 2 is 2.33 bits per heavy atom. The zero-order chi connectivity index (χ0) is 15.0. The van der Waals surface area contributed by atoms with Gasteiger partial charge in [0, 0.05) is 25.9 Å². The summed E-state index contributed by atoms with van der Waals surface area (Å²) in [6.07, 6.45) is 1.71. The molecular weight excluding hydrogens is 269 g/mol. The van der Waals surface area contributed by atoms with Crippen LogP contribution in [0.25, 0.3) is 0 Å². The van der Waals surface area contributed by atoms with Crippen LogP contribution in [0, 0.1) is 0 Å². The third-order valence-electron chi connectivity index (χ3n) is 3.72. The maximum atomic E-state index is 12.5. The number of aromatic nitrogens is 2. The summed E-state index contributed by atoms with van der Waals surface area (Å²) >= 11 is 0. The normalized spacial score (nSPS) is 13.4. The maximum Gasteiger partial charge on any atom is 0.491 e. The van der Waals surface area contributed by atoms with Crippen molar-refractivity contribution in [1.29, 1.82) is 0 Å². The molecule has 0 spiro atoms. The van der Waals surface area contributed by atoms with Crippen LogP contribution in [-0.4, -0.2) is 39.8 Å². The van der Waals surface area contributed by atoms with Gasteiger partial charge in [0.25, 0.3) is 5.91 Å². The van der Waals surface area contributed by atoms with Crippen LogP contribution in [0.1, 0.15) is 21.6 Å². The van der Waals surface area contributed by atoms with Gasteiger partial charge in [0.15, 0.2) is 0 Å². The van der Waals surface area contributed by atoms with Gasteiger partial charge in [-0.3, -0.25) is 9.48 Å². The van der Waals surface area contributed by atoms with Crippen LogP contribution in [0.5, 0.6) is 0 Å². The molecule has 1 N–H and O–H groups in total. The van der Waals surface area contributed by atoms with Crippen molar-refractivity contribution in [2.24, 2.45) is 7.05 Å². The molecule has 1 aliphatic heterocycles. The third-order valence-corrected chi connectivity index (χ3v) is 3.72. The number of hydrogen-bond acceptors (Lipinski definition) is 4. The van der Waals surface area contributed by atoms with Crippen molar-refractivity contribution in [1.82, 2.24) is 14.7 Å². The molecule has 1 aliphatic rings. The average molecular weight is 285 g/mol. The molecule has 3 rings (SSSR count). The topological polar surface area (TPSA) is 67.6 Å². The fraction of sp³-hybridized carbons (Fsp3) is 0.286. The molecule has 1 aromatic carbocycles. The fourth-order valence-corrected chi connectivity index (χ4v) is 2.45. The van der Waals surface area contributed by atoms with E-state index in [1.165, 1.54) is 0 Å². The van der Waals surface area contributed by atoms with Crippen molar-refractivity contribution in [2.45, 2.75) is 13.2 Å². The lowest BCUT2D eigenvalue weighted by Crippen LogP contribution is -2.30. The Balaban J connectivity index is 1.77. The van der Waals surface area contributed by atoms with Gasteiger partial charge in [0.05, 0.1) is 18.8 Å². The highest BCUT2D eigenvalue weighted by molar-refractivity contribution is 6.61. The van der Waals surface area contributed by atoms with Gasteiger partial charge in [-0.25, -0.2) is 0 Å². The van der Waals surface area contributed by atoms with Gasteiger partial charge in [-0.2, -0.15) is 5.10 Å². The average Bonchev–Trinajstić information content (AvgIpc) is 3.05. The Labute approximate surface area is 123 Å². The van der Waals surface area contributed by atoms with Crippen molar-refractivity contribution < 1.29 is 14.5 Å². The van der Waals surface area contributed by atoms with Gasteiger partial charge in [-0.15, -0.1) is 0 Å². The van der Waals surface area contributed by atoms with E-state index in [2.05, 4.69) is 5.10 Å². The lowest BCUT2D eigenvalue weighted by atomic mass is 9.79. The van der Waals surface area contributed by atoms with Crippen LogP contribution in [-0.2, 0) is 24.9 Å². The van der Waals surface area contributed by atoms with E-state index < -0.39 is 7.12 Å². The van der Waals surface area contributed by atoms with E-state index in [1.807, 2.05) is 13.1 Å². The summed E-state index contributed by atoms with van der Waals surface area (Å²) in [5.41, 5.74) is 3.16. The first kappa shape index (κ1) is 13.8. The van der Waals surface area contributed by atoms with E-state index in [0.717, 1.165) is 16.7 Å². The molecule has 2 heterocycles. The van der Waals surface area contributed by atoms with Crippen LogP contribution < -0.4 is 5.46 Å². The second-order valence-corrected chi connectivity index (χ2v) is 5.18. The van der Waals surface area contributed by atoms with Gasteiger partial charge in [-0.1, -0.05) is 6.07 Å². The van der Waals surface area contributed by atoms with Crippen molar-refractivity contribution in [3.05, 3.63) is 47.3 Å². The lowest BCUT2D eigenvalue weighted by molar-refractivity contribution is 0.0782. The molecule has 0 aliphatic carbocycles. The lowest BCUT2D eigenvalue weighted by Gasteiger charge is -2.17. The number of hydrogen-bond donors (Lipinski definition) is 1. The molecule has 0 unspecified atom stereocenters. The van der Waals surface area contributed by atoms with Crippen LogP contribution >= 0.6 is 0 Å². The number of amides is 1. The minimum atomic E-state index is -0.878. The van der Waals surface area contributed by atoms with Gasteiger partial charge in [-0.05, 0) is 29.2 Å². The number of carbonyl (C=O) groups is 1. The summed E-state index contributed by atoms with van der Waals surface area (Å²) in [5, 5.41) is 13.7. The Morgan fingerprint density at radius 3 is 3.05 bits per heavy atom. The standard InChI is InChI=1S/C14H16BN3O3/c1-17(8-12-5-6-16-18(12)2)14(19)10-3-4-13-11(7-10)9-21-15(13)20/h3-7,20H,8-9H2,1-2H3. The monoisotopic (exact) mass is 285 g/mol. The first-order chi connectivity index (χ1) is 10.1. The Kier molecular flexibility index (Phi) is 3.53. The van der Waals surface area contributed by atoms with E-state index in [1.54, 1.807) is 41.0 Å². The summed E-state index contributed by atoms with van der Waals surface area (Å²) in [6, 6.07) is 7.14. The van der Waals surface area contributed by atoms with E-state index in [9.17, 15) is 9.82 Å². The van der Waals surface area contributed by atoms with Crippen molar-refractivity contribution in [3.63, 3.8) is 0 Å². The third kappa shape index (κ3) is 2.57. The van der Waals surface area contributed by atoms with Crippen LogP contribution in [0.15, 0.2) is 30.5 Å². The summed E-state index contributed by atoms with van der Waals surface area (Å²) in [5.74, 6) is -0.0691. The molecule has 1 aromatic heterocycles. The van der Waals surface area contributed by atoms with Crippen molar-refractivity contribution in [2.75, 3.05) is 7.05 Å². The zero-order valence-electron chi connectivity index (χ0n) is 12.0. The predicted molar refractivity (Wildman–Crippen MR) is 77.8 cm³/mol. The van der Waals surface area contributed by atoms with Gasteiger partial charge >= 0.3 is 7.12 Å². The summed E-state index contributed by atoms with van der Waals surface area (Å²) in [6.45, 7) is 0.828. The molecule has 2 aromatic rings. The van der Waals surface area contributed by atoms with E-state index in [0.29, 0.717) is 18.7 Å². The van der Waals surface area contributed by atoms with Gasteiger partial charge < -0.3 is 14.6 Å². The largest absolute Gasteiger partial charge is 0.491 e. The molecule has 0 atom stereocenters. The number of nitrogens with zero attached hydrogens (tertiary/aromatic N) is 3. The Bertz CT molecular complexity index is 686. The van der Waals surface area contributed by atoms with Crippen molar-refractivity contribution in [3.8, 4) is 0 Å². The summed E-state index contributed by atoms with van der Waals surface area (Å²) < 4.78 is 6.89. The maximum absolute atomic E-state index is 12.5. The van der Waals surface area contributed by atoms with Crippen LogP contribution in [0.3, 0.4) is 0 Å².